The maximum absolute atomic E-state index is 11.9. The molecule has 0 spiro atoms. The number of carbonyl (C=O) groups is 2. The van der Waals surface area contributed by atoms with E-state index in [0.29, 0.717) is 31.8 Å². The number of ether oxygens (including phenoxy) is 1. The third kappa shape index (κ3) is 3.77. The normalized spacial score (nSPS) is 17.6. The molecule has 1 aromatic carbocycles. The first kappa shape index (κ1) is 16.7. The largest absolute Gasteiger partial charge is 0.478 e. The second kappa shape index (κ2) is 7.08. The topological polar surface area (TPSA) is 110 Å². The van der Waals surface area contributed by atoms with Crippen LogP contribution in [0.15, 0.2) is 18.2 Å². The molecule has 0 bridgehead atoms. The molecule has 1 atom stereocenters. The Balaban J connectivity index is 2.28. The van der Waals surface area contributed by atoms with Gasteiger partial charge in [-0.3, -0.25) is 14.9 Å². The van der Waals surface area contributed by atoms with Crippen LogP contribution in [-0.4, -0.2) is 41.7 Å². The number of piperidine rings is 1. The van der Waals surface area contributed by atoms with Gasteiger partial charge in [0, 0.05) is 25.2 Å². The van der Waals surface area contributed by atoms with Crippen LogP contribution in [0.5, 0.6) is 0 Å². The Hall–Kier alpha value is -2.64. The number of anilines is 1. The van der Waals surface area contributed by atoms with Gasteiger partial charge in [0.2, 0.25) is 0 Å². The Morgan fingerprint density at radius 1 is 1.48 bits per heavy atom. The summed E-state index contributed by atoms with van der Waals surface area (Å²) in [7, 11) is 0. The Bertz CT molecular complexity index is 630. The summed E-state index contributed by atoms with van der Waals surface area (Å²) in [5.41, 5.74) is -0.0223. The van der Waals surface area contributed by atoms with Gasteiger partial charge < -0.3 is 14.7 Å². The van der Waals surface area contributed by atoms with Crippen molar-refractivity contribution in [2.24, 2.45) is 5.92 Å². The first-order valence-electron chi connectivity index (χ1n) is 7.37. The molecular weight excluding hydrogens is 304 g/mol. The standard InChI is InChI=1S/C15H18N2O6/c1-2-23-15(20)10-4-3-7-16(9-10)13-6-5-11(17(21)22)8-12(13)14(18)19/h5-6,8,10H,2-4,7,9H2,1H3,(H,18,19)/t10-/m0/s1. The monoisotopic (exact) mass is 322 g/mol. The van der Waals surface area contributed by atoms with Crippen LogP contribution in [0, 0.1) is 16.0 Å². The molecule has 0 aromatic heterocycles. The number of hydrogen-bond donors (Lipinski definition) is 1. The minimum absolute atomic E-state index is 0.135. The highest BCUT2D eigenvalue weighted by molar-refractivity contribution is 5.95. The quantitative estimate of drug-likeness (QED) is 0.502. The lowest BCUT2D eigenvalue weighted by Gasteiger charge is -2.33. The third-order valence-corrected chi connectivity index (χ3v) is 3.80. The zero-order chi connectivity index (χ0) is 17.0. The highest BCUT2D eigenvalue weighted by Crippen LogP contribution is 2.29. The fourth-order valence-electron chi connectivity index (χ4n) is 2.73. The maximum atomic E-state index is 11.9. The van der Waals surface area contributed by atoms with Crippen molar-refractivity contribution in [1.82, 2.24) is 0 Å². The van der Waals surface area contributed by atoms with Crippen LogP contribution in [-0.2, 0) is 9.53 Å². The van der Waals surface area contributed by atoms with Gasteiger partial charge >= 0.3 is 11.9 Å². The Morgan fingerprint density at radius 2 is 2.22 bits per heavy atom. The summed E-state index contributed by atoms with van der Waals surface area (Å²) in [6.45, 7) is 2.97. The van der Waals surface area contributed by atoms with E-state index in [1.807, 2.05) is 0 Å². The Morgan fingerprint density at radius 3 is 2.83 bits per heavy atom. The van der Waals surface area contributed by atoms with E-state index in [9.17, 15) is 24.8 Å². The number of non-ortho nitro benzene ring substituents is 1. The molecule has 1 aliphatic heterocycles. The summed E-state index contributed by atoms with van der Waals surface area (Å²) in [5.74, 6) is -1.85. The summed E-state index contributed by atoms with van der Waals surface area (Å²) in [4.78, 5) is 35.3. The summed E-state index contributed by atoms with van der Waals surface area (Å²) in [6.07, 6.45) is 1.41. The molecule has 0 amide bonds. The van der Waals surface area contributed by atoms with E-state index in [4.69, 9.17) is 4.74 Å². The maximum Gasteiger partial charge on any atom is 0.338 e. The molecule has 1 N–H and O–H groups in total. The number of hydrogen-bond acceptors (Lipinski definition) is 6. The van der Waals surface area contributed by atoms with Crippen molar-refractivity contribution in [3.05, 3.63) is 33.9 Å². The fourth-order valence-corrected chi connectivity index (χ4v) is 2.73. The lowest BCUT2D eigenvalue weighted by Crippen LogP contribution is -2.40. The van der Waals surface area contributed by atoms with E-state index < -0.39 is 10.9 Å². The predicted octanol–water partition coefficient (Wildman–Crippen LogP) is 2.07. The molecule has 1 fully saturated rings. The van der Waals surface area contributed by atoms with Crippen molar-refractivity contribution in [1.29, 1.82) is 0 Å². The lowest BCUT2D eigenvalue weighted by molar-refractivity contribution is -0.384. The average molecular weight is 322 g/mol. The number of esters is 1. The highest BCUT2D eigenvalue weighted by Gasteiger charge is 2.29. The number of rotatable bonds is 5. The van der Waals surface area contributed by atoms with Crippen LogP contribution in [0.25, 0.3) is 0 Å². The van der Waals surface area contributed by atoms with Gasteiger partial charge in [-0.25, -0.2) is 4.79 Å². The zero-order valence-corrected chi connectivity index (χ0v) is 12.7. The molecule has 23 heavy (non-hydrogen) atoms. The van der Waals surface area contributed by atoms with E-state index in [-0.39, 0.29) is 23.1 Å². The average Bonchev–Trinajstić information content (AvgIpc) is 2.54. The fraction of sp³-hybridized carbons (Fsp3) is 0.467. The number of nitro benzene ring substituents is 1. The molecule has 8 heteroatoms. The number of carboxylic acid groups (broad SMARTS) is 1. The second-order valence-corrected chi connectivity index (χ2v) is 5.30. The molecule has 0 unspecified atom stereocenters. The molecule has 0 saturated carbocycles. The van der Waals surface area contributed by atoms with Gasteiger partial charge in [-0.2, -0.15) is 0 Å². The van der Waals surface area contributed by atoms with Gasteiger partial charge in [0.1, 0.15) is 0 Å². The van der Waals surface area contributed by atoms with Crippen molar-refractivity contribution in [2.75, 3.05) is 24.6 Å². The zero-order valence-electron chi connectivity index (χ0n) is 12.7. The molecule has 124 valence electrons. The van der Waals surface area contributed by atoms with Crippen LogP contribution >= 0.6 is 0 Å². The molecule has 1 heterocycles. The summed E-state index contributed by atoms with van der Waals surface area (Å²) in [5, 5.41) is 20.1. The molecular formula is C15H18N2O6. The number of carbonyl (C=O) groups excluding carboxylic acids is 1. The van der Waals surface area contributed by atoms with Gasteiger partial charge in [0.15, 0.2) is 0 Å². The van der Waals surface area contributed by atoms with Crippen LogP contribution in [0.1, 0.15) is 30.1 Å². The summed E-state index contributed by atoms with van der Waals surface area (Å²) in [6, 6.07) is 3.75. The number of nitro groups is 1. The second-order valence-electron chi connectivity index (χ2n) is 5.30. The van der Waals surface area contributed by atoms with E-state index >= 15 is 0 Å². The summed E-state index contributed by atoms with van der Waals surface area (Å²) >= 11 is 0. The van der Waals surface area contributed by atoms with Gasteiger partial charge in [0.25, 0.3) is 5.69 Å². The van der Waals surface area contributed by atoms with E-state index in [1.54, 1.807) is 11.8 Å². The molecule has 1 aromatic rings. The van der Waals surface area contributed by atoms with Crippen LogP contribution in [0.3, 0.4) is 0 Å². The number of benzene rings is 1. The van der Waals surface area contributed by atoms with Crippen molar-refractivity contribution >= 4 is 23.3 Å². The minimum atomic E-state index is -1.23. The van der Waals surface area contributed by atoms with Gasteiger partial charge in [-0.05, 0) is 25.8 Å². The lowest BCUT2D eigenvalue weighted by atomic mass is 9.97. The van der Waals surface area contributed by atoms with Crippen molar-refractivity contribution in [2.45, 2.75) is 19.8 Å². The Kier molecular flexibility index (Phi) is 5.15. The number of carboxylic acids is 1. The SMILES string of the molecule is CCOC(=O)[C@H]1CCCN(c2ccc([N+](=O)[O-])cc2C(=O)O)C1. The molecule has 2 rings (SSSR count). The third-order valence-electron chi connectivity index (χ3n) is 3.80. The molecule has 1 aliphatic rings. The van der Waals surface area contributed by atoms with Crippen LogP contribution in [0.4, 0.5) is 11.4 Å². The van der Waals surface area contributed by atoms with Gasteiger partial charge in [-0.1, -0.05) is 0 Å². The Labute approximate surface area is 132 Å². The first-order valence-corrected chi connectivity index (χ1v) is 7.37. The first-order chi connectivity index (χ1) is 10.9. The van der Waals surface area contributed by atoms with Crippen LogP contribution in [0.2, 0.25) is 0 Å². The molecule has 1 saturated heterocycles. The molecule has 8 nitrogen and oxygen atoms in total. The van der Waals surface area contributed by atoms with Crippen molar-refractivity contribution in [3.63, 3.8) is 0 Å². The predicted molar refractivity (Wildman–Crippen MR) is 81.6 cm³/mol. The molecule has 0 radical (unpaired) electrons. The van der Waals surface area contributed by atoms with Gasteiger partial charge in [0.05, 0.1) is 28.7 Å². The number of nitrogens with zero attached hydrogens (tertiary/aromatic N) is 2. The van der Waals surface area contributed by atoms with Crippen molar-refractivity contribution in [3.8, 4) is 0 Å². The van der Waals surface area contributed by atoms with E-state index in [2.05, 4.69) is 0 Å². The van der Waals surface area contributed by atoms with Gasteiger partial charge in [-0.15, -0.1) is 0 Å². The van der Waals surface area contributed by atoms with Crippen molar-refractivity contribution < 1.29 is 24.4 Å². The molecule has 0 aliphatic carbocycles. The van der Waals surface area contributed by atoms with E-state index in [0.717, 1.165) is 12.5 Å². The minimum Gasteiger partial charge on any atom is -0.478 e. The smallest absolute Gasteiger partial charge is 0.338 e. The highest BCUT2D eigenvalue weighted by atomic mass is 16.6. The van der Waals surface area contributed by atoms with E-state index in [1.165, 1.54) is 12.1 Å². The van der Waals surface area contributed by atoms with Crippen LogP contribution < -0.4 is 4.90 Å². The summed E-state index contributed by atoms with van der Waals surface area (Å²) < 4.78 is 5.02. The number of aromatic carboxylic acids is 1.